The van der Waals surface area contributed by atoms with Gasteiger partial charge in [-0.3, -0.25) is 9.69 Å². The van der Waals surface area contributed by atoms with Crippen LogP contribution in [0.1, 0.15) is 18.4 Å². The predicted octanol–water partition coefficient (Wildman–Crippen LogP) is 4.71. The smallest absolute Gasteiger partial charge is 0.233 e. The number of nitrogens with zero attached hydrogens (tertiary/aromatic N) is 2. The van der Waals surface area contributed by atoms with E-state index in [9.17, 15) is 4.79 Å². The van der Waals surface area contributed by atoms with Gasteiger partial charge in [0.25, 0.3) is 0 Å². The van der Waals surface area contributed by atoms with Gasteiger partial charge in [0.15, 0.2) is 5.13 Å². The molecule has 0 spiro atoms. The first-order chi connectivity index (χ1) is 13.6. The van der Waals surface area contributed by atoms with Crippen LogP contribution in [-0.2, 0) is 16.0 Å². The Morgan fingerprint density at radius 2 is 2.14 bits per heavy atom. The van der Waals surface area contributed by atoms with E-state index in [1.165, 1.54) is 11.3 Å². The average Bonchev–Trinajstić information content (AvgIpc) is 3.37. The van der Waals surface area contributed by atoms with Gasteiger partial charge in [-0.1, -0.05) is 41.1 Å². The number of rotatable bonds is 6. The van der Waals surface area contributed by atoms with Gasteiger partial charge in [-0.2, -0.15) is 0 Å². The second-order valence-corrected chi connectivity index (χ2v) is 8.16. The summed E-state index contributed by atoms with van der Waals surface area (Å²) in [5.74, 6) is 0.768. The van der Waals surface area contributed by atoms with E-state index < -0.39 is 0 Å². The van der Waals surface area contributed by atoms with E-state index in [4.69, 9.17) is 21.1 Å². The second kappa shape index (κ2) is 8.47. The summed E-state index contributed by atoms with van der Waals surface area (Å²) in [4.78, 5) is 19.6. The highest BCUT2D eigenvalue weighted by atomic mass is 35.5. The van der Waals surface area contributed by atoms with E-state index in [0.717, 1.165) is 41.0 Å². The molecule has 1 saturated heterocycles. The van der Waals surface area contributed by atoms with Crippen LogP contribution in [0.3, 0.4) is 0 Å². The van der Waals surface area contributed by atoms with Gasteiger partial charge in [-0.15, -0.1) is 0 Å². The number of carbonyl (C=O) groups is 1. The molecule has 1 fully saturated rings. The van der Waals surface area contributed by atoms with Crippen molar-refractivity contribution in [3.05, 3.63) is 53.1 Å². The molecule has 0 N–H and O–H groups in total. The maximum Gasteiger partial charge on any atom is 0.233 e. The van der Waals surface area contributed by atoms with E-state index in [0.29, 0.717) is 23.1 Å². The van der Waals surface area contributed by atoms with Crippen LogP contribution in [0.2, 0.25) is 5.02 Å². The fourth-order valence-electron chi connectivity index (χ4n) is 3.31. The highest BCUT2D eigenvalue weighted by molar-refractivity contribution is 7.22. The zero-order chi connectivity index (χ0) is 19.5. The zero-order valence-corrected chi connectivity index (χ0v) is 17.1. The first kappa shape index (κ1) is 19.2. The van der Waals surface area contributed by atoms with Crippen LogP contribution in [0, 0.1) is 0 Å². The monoisotopic (exact) mass is 416 g/mol. The van der Waals surface area contributed by atoms with Crippen LogP contribution in [0.5, 0.6) is 5.75 Å². The molecule has 28 heavy (non-hydrogen) atoms. The summed E-state index contributed by atoms with van der Waals surface area (Å²) in [6.45, 7) is 1.25. The SMILES string of the molecule is COc1ccc(CC(=O)N(C[C@H]2CCCO2)c2nc3c(Cl)cccc3s2)cc1. The number of halogens is 1. The highest BCUT2D eigenvalue weighted by Crippen LogP contribution is 2.33. The van der Waals surface area contributed by atoms with Crippen molar-refractivity contribution in [2.75, 3.05) is 25.2 Å². The minimum Gasteiger partial charge on any atom is -0.497 e. The predicted molar refractivity (Wildman–Crippen MR) is 113 cm³/mol. The van der Waals surface area contributed by atoms with Crippen molar-refractivity contribution < 1.29 is 14.3 Å². The number of anilines is 1. The Morgan fingerprint density at radius 3 is 2.82 bits per heavy atom. The van der Waals surface area contributed by atoms with Crippen molar-refractivity contribution in [1.29, 1.82) is 0 Å². The summed E-state index contributed by atoms with van der Waals surface area (Å²) in [6, 6.07) is 13.2. The molecule has 146 valence electrons. The maximum atomic E-state index is 13.2. The topological polar surface area (TPSA) is 51.7 Å². The normalized spacial score (nSPS) is 16.4. The number of para-hydroxylation sites is 1. The number of fused-ring (bicyclic) bond motifs is 1. The van der Waals surface area contributed by atoms with Crippen LogP contribution < -0.4 is 9.64 Å². The molecule has 0 radical (unpaired) electrons. The molecule has 4 rings (SSSR count). The number of thiazole rings is 1. The number of amides is 1. The van der Waals surface area contributed by atoms with Gasteiger partial charge >= 0.3 is 0 Å². The molecule has 0 bridgehead atoms. The molecular weight excluding hydrogens is 396 g/mol. The summed E-state index contributed by atoms with van der Waals surface area (Å²) >= 11 is 7.77. The summed E-state index contributed by atoms with van der Waals surface area (Å²) in [5.41, 5.74) is 1.67. The molecule has 0 aliphatic carbocycles. The molecule has 1 atom stereocenters. The van der Waals surface area contributed by atoms with Gasteiger partial charge in [0, 0.05) is 6.61 Å². The van der Waals surface area contributed by atoms with Gasteiger partial charge in [0.1, 0.15) is 11.3 Å². The van der Waals surface area contributed by atoms with Crippen LogP contribution in [0.4, 0.5) is 5.13 Å². The van der Waals surface area contributed by atoms with Crippen LogP contribution in [-0.4, -0.2) is 37.3 Å². The Labute approximate surface area is 172 Å². The fraction of sp³-hybridized carbons (Fsp3) is 0.333. The Morgan fingerprint density at radius 1 is 1.32 bits per heavy atom. The summed E-state index contributed by atoms with van der Waals surface area (Å²) < 4.78 is 11.9. The minimum atomic E-state index is -0.00385. The number of hydrogen-bond donors (Lipinski definition) is 0. The lowest BCUT2D eigenvalue weighted by molar-refractivity contribution is -0.118. The average molecular weight is 417 g/mol. The Bertz CT molecular complexity index is 967. The van der Waals surface area contributed by atoms with E-state index in [-0.39, 0.29) is 12.0 Å². The quantitative estimate of drug-likeness (QED) is 0.583. The molecule has 1 aliphatic heterocycles. The fourth-order valence-corrected chi connectivity index (χ4v) is 4.60. The van der Waals surface area contributed by atoms with E-state index in [2.05, 4.69) is 4.98 Å². The first-order valence-corrected chi connectivity index (χ1v) is 10.4. The number of benzene rings is 2. The van der Waals surface area contributed by atoms with Crippen molar-refractivity contribution in [2.24, 2.45) is 0 Å². The Balaban J connectivity index is 1.61. The molecule has 7 heteroatoms. The molecule has 5 nitrogen and oxygen atoms in total. The van der Waals surface area contributed by atoms with Crippen molar-refractivity contribution in [2.45, 2.75) is 25.4 Å². The lowest BCUT2D eigenvalue weighted by Crippen LogP contribution is -2.38. The van der Waals surface area contributed by atoms with Crippen molar-refractivity contribution in [3.8, 4) is 5.75 Å². The van der Waals surface area contributed by atoms with E-state index >= 15 is 0 Å². The number of aromatic nitrogens is 1. The highest BCUT2D eigenvalue weighted by Gasteiger charge is 2.26. The molecule has 0 unspecified atom stereocenters. The van der Waals surface area contributed by atoms with E-state index in [1.807, 2.05) is 42.5 Å². The summed E-state index contributed by atoms with van der Waals surface area (Å²) in [5, 5.41) is 1.26. The minimum absolute atomic E-state index is 0.00385. The van der Waals surface area contributed by atoms with Crippen molar-refractivity contribution in [1.82, 2.24) is 4.98 Å². The summed E-state index contributed by atoms with van der Waals surface area (Å²) in [6.07, 6.45) is 2.32. The number of methoxy groups -OCH3 is 1. The number of ether oxygens (including phenoxy) is 2. The molecule has 0 saturated carbocycles. The van der Waals surface area contributed by atoms with Crippen LogP contribution >= 0.6 is 22.9 Å². The van der Waals surface area contributed by atoms with Gasteiger partial charge in [0.2, 0.25) is 5.91 Å². The Hall–Kier alpha value is -2.15. The van der Waals surface area contributed by atoms with Gasteiger partial charge in [-0.05, 0) is 42.7 Å². The second-order valence-electron chi connectivity index (χ2n) is 6.75. The number of hydrogen-bond acceptors (Lipinski definition) is 5. The molecule has 3 aromatic rings. The molecule has 1 amide bonds. The first-order valence-electron chi connectivity index (χ1n) is 9.24. The van der Waals surface area contributed by atoms with Gasteiger partial charge < -0.3 is 9.47 Å². The number of carbonyl (C=O) groups excluding carboxylic acids is 1. The molecular formula is C21H21ClN2O3S. The van der Waals surface area contributed by atoms with Crippen molar-refractivity contribution >= 4 is 44.2 Å². The largest absolute Gasteiger partial charge is 0.497 e. The lowest BCUT2D eigenvalue weighted by Gasteiger charge is -2.23. The zero-order valence-electron chi connectivity index (χ0n) is 15.6. The molecule has 1 aromatic heterocycles. The third-order valence-corrected chi connectivity index (χ3v) is 6.16. The molecule has 2 heterocycles. The third kappa shape index (κ3) is 4.14. The Kier molecular flexibility index (Phi) is 5.80. The molecule has 2 aromatic carbocycles. The maximum absolute atomic E-state index is 13.2. The third-order valence-electron chi connectivity index (χ3n) is 4.82. The van der Waals surface area contributed by atoms with Gasteiger partial charge in [0.05, 0.1) is 35.9 Å². The molecule has 1 aliphatic rings. The van der Waals surface area contributed by atoms with Gasteiger partial charge in [-0.25, -0.2) is 4.98 Å². The standard InChI is InChI=1S/C21H21ClN2O3S/c1-26-15-9-7-14(8-10-15)12-19(25)24(13-16-4-3-11-27-16)21-23-20-17(22)5-2-6-18(20)28-21/h2,5-10,16H,3-4,11-13H2,1H3/t16-/m1/s1. The summed E-state index contributed by atoms with van der Waals surface area (Å²) in [7, 11) is 1.63. The van der Waals surface area contributed by atoms with E-state index in [1.54, 1.807) is 12.0 Å². The lowest BCUT2D eigenvalue weighted by atomic mass is 10.1. The van der Waals surface area contributed by atoms with Crippen LogP contribution in [0.25, 0.3) is 10.2 Å². The van der Waals surface area contributed by atoms with Crippen molar-refractivity contribution in [3.63, 3.8) is 0 Å². The van der Waals surface area contributed by atoms with Crippen LogP contribution in [0.15, 0.2) is 42.5 Å².